The minimum atomic E-state index is -3.79. The number of piperazine rings is 1. The first-order valence-electron chi connectivity index (χ1n) is 11.4. The third kappa shape index (κ3) is 5.06. The van der Waals surface area contributed by atoms with Crippen LogP contribution in [0.25, 0.3) is 11.5 Å². The summed E-state index contributed by atoms with van der Waals surface area (Å²) in [6, 6.07) is 10.5. The number of benzene rings is 2. The Hall–Kier alpha value is -4.17. The lowest BCUT2D eigenvalue weighted by atomic mass is 10.2. The SMILES string of the molecule is CCOC(=O)N1CCN(S(=O)(=O)c2ccc(C(=O)Nc3nnc(-c4ccc5c(c4)OCO5)o3)cc2)CC1. The molecule has 3 heterocycles. The summed E-state index contributed by atoms with van der Waals surface area (Å²) in [7, 11) is -3.79. The first kappa shape index (κ1) is 24.5. The quantitative estimate of drug-likeness (QED) is 0.503. The van der Waals surface area contributed by atoms with E-state index in [0.717, 1.165) is 0 Å². The van der Waals surface area contributed by atoms with Gasteiger partial charge in [0, 0.05) is 37.3 Å². The fraction of sp³-hybridized carbons (Fsp3) is 0.304. The smallest absolute Gasteiger partial charge is 0.409 e. The molecule has 0 radical (unpaired) electrons. The molecule has 194 valence electrons. The summed E-state index contributed by atoms with van der Waals surface area (Å²) in [6.45, 7) is 2.86. The Kier molecular flexibility index (Phi) is 6.67. The second-order valence-corrected chi connectivity index (χ2v) is 9.99. The molecule has 2 aliphatic heterocycles. The molecule has 1 N–H and O–H groups in total. The second-order valence-electron chi connectivity index (χ2n) is 8.05. The van der Waals surface area contributed by atoms with Gasteiger partial charge in [0.1, 0.15) is 0 Å². The number of fused-ring (bicyclic) bond motifs is 1. The van der Waals surface area contributed by atoms with Gasteiger partial charge >= 0.3 is 12.1 Å². The molecule has 0 saturated carbocycles. The number of nitrogens with one attached hydrogen (secondary N) is 1. The average Bonchev–Trinajstić information content (AvgIpc) is 3.58. The van der Waals surface area contributed by atoms with Crippen molar-refractivity contribution in [2.24, 2.45) is 0 Å². The molecule has 1 aromatic heterocycles. The van der Waals surface area contributed by atoms with Gasteiger partial charge in [-0.25, -0.2) is 13.2 Å². The summed E-state index contributed by atoms with van der Waals surface area (Å²) in [6.07, 6.45) is -0.459. The van der Waals surface area contributed by atoms with Gasteiger partial charge in [0.2, 0.25) is 22.7 Å². The number of carbonyl (C=O) groups is 2. The van der Waals surface area contributed by atoms with Crippen LogP contribution in [-0.2, 0) is 14.8 Å². The maximum atomic E-state index is 13.0. The number of anilines is 1. The summed E-state index contributed by atoms with van der Waals surface area (Å²) < 4.78 is 48.4. The van der Waals surface area contributed by atoms with Crippen molar-refractivity contribution in [2.75, 3.05) is 44.9 Å². The minimum absolute atomic E-state index is 0.0384. The Morgan fingerprint density at radius 3 is 2.46 bits per heavy atom. The average molecular weight is 530 g/mol. The van der Waals surface area contributed by atoms with Crippen molar-refractivity contribution in [1.29, 1.82) is 0 Å². The first-order valence-corrected chi connectivity index (χ1v) is 12.9. The van der Waals surface area contributed by atoms with Gasteiger partial charge in [-0.2, -0.15) is 4.31 Å². The number of sulfonamides is 1. The standard InChI is InChI=1S/C23H23N5O8S/c1-2-33-23(30)27-9-11-28(12-10-27)37(31,32)17-6-3-15(4-7-17)20(29)24-22-26-25-21(36-22)16-5-8-18-19(13-16)35-14-34-18/h3-8,13H,2,9-12,14H2,1H3,(H,24,26,29). The zero-order chi connectivity index (χ0) is 26.0. The zero-order valence-corrected chi connectivity index (χ0v) is 20.6. The number of nitrogens with zero attached hydrogens (tertiary/aromatic N) is 4. The monoisotopic (exact) mass is 529 g/mol. The lowest BCUT2D eigenvalue weighted by molar-refractivity contribution is 0.0933. The number of hydrogen-bond acceptors (Lipinski definition) is 10. The maximum absolute atomic E-state index is 13.0. The molecule has 37 heavy (non-hydrogen) atoms. The molecule has 2 aliphatic rings. The van der Waals surface area contributed by atoms with Gasteiger partial charge in [-0.3, -0.25) is 10.1 Å². The van der Waals surface area contributed by atoms with Crippen LogP contribution in [0, 0.1) is 0 Å². The first-order chi connectivity index (χ1) is 17.8. The van der Waals surface area contributed by atoms with E-state index in [1.807, 2.05) is 0 Å². The number of hydrogen-bond donors (Lipinski definition) is 1. The summed E-state index contributed by atoms with van der Waals surface area (Å²) >= 11 is 0. The molecule has 14 heteroatoms. The molecule has 5 rings (SSSR count). The maximum Gasteiger partial charge on any atom is 0.409 e. The van der Waals surface area contributed by atoms with Crippen LogP contribution in [0.5, 0.6) is 11.5 Å². The molecule has 0 aliphatic carbocycles. The van der Waals surface area contributed by atoms with Crippen molar-refractivity contribution in [3.05, 3.63) is 48.0 Å². The van der Waals surface area contributed by atoms with Gasteiger partial charge in [-0.05, 0) is 49.4 Å². The molecule has 1 saturated heterocycles. The summed E-state index contributed by atoms with van der Waals surface area (Å²) in [5.41, 5.74) is 0.795. The number of rotatable bonds is 6. The predicted octanol–water partition coefficient (Wildman–Crippen LogP) is 2.18. The van der Waals surface area contributed by atoms with Crippen molar-refractivity contribution in [1.82, 2.24) is 19.4 Å². The third-order valence-electron chi connectivity index (χ3n) is 5.78. The Morgan fingerprint density at radius 2 is 1.73 bits per heavy atom. The number of amides is 2. The van der Waals surface area contributed by atoms with Crippen LogP contribution < -0.4 is 14.8 Å². The zero-order valence-electron chi connectivity index (χ0n) is 19.7. The summed E-state index contributed by atoms with van der Waals surface area (Å²) in [4.78, 5) is 26.0. The fourth-order valence-electron chi connectivity index (χ4n) is 3.84. The van der Waals surface area contributed by atoms with E-state index in [1.54, 1.807) is 25.1 Å². The van der Waals surface area contributed by atoms with Crippen LogP contribution in [0.15, 0.2) is 51.8 Å². The van der Waals surface area contributed by atoms with Crippen LogP contribution in [0.4, 0.5) is 10.8 Å². The van der Waals surface area contributed by atoms with Gasteiger partial charge in [0.25, 0.3) is 5.91 Å². The van der Waals surface area contributed by atoms with E-state index in [0.29, 0.717) is 17.1 Å². The second kappa shape index (κ2) is 10.1. The van der Waals surface area contributed by atoms with Crippen molar-refractivity contribution in [2.45, 2.75) is 11.8 Å². The molecular formula is C23H23N5O8S. The number of aromatic nitrogens is 2. The lowest BCUT2D eigenvalue weighted by Gasteiger charge is -2.33. The molecule has 0 atom stereocenters. The van der Waals surface area contributed by atoms with Crippen molar-refractivity contribution in [3.63, 3.8) is 0 Å². The van der Waals surface area contributed by atoms with Crippen LogP contribution in [0.3, 0.4) is 0 Å². The van der Waals surface area contributed by atoms with Crippen LogP contribution in [0.1, 0.15) is 17.3 Å². The van der Waals surface area contributed by atoms with Crippen molar-refractivity contribution < 1.29 is 36.6 Å². The van der Waals surface area contributed by atoms with Gasteiger partial charge in [0.15, 0.2) is 11.5 Å². The minimum Gasteiger partial charge on any atom is -0.454 e. The Morgan fingerprint density at radius 1 is 1.00 bits per heavy atom. The third-order valence-corrected chi connectivity index (χ3v) is 7.70. The van der Waals surface area contributed by atoms with E-state index in [-0.39, 0.29) is 61.9 Å². The number of carbonyl (C=O) groups excluding carboxylic acids is 2. The Labute approximate surface area is 212 Å². The highest BCUT2D eigenvalue weighted by Crippen LogP contribution is 2.35. The molecule has 3 aromatic rings. The molecule has 0 unspecified atom stereocenters. The van der Waals surface area contributed by atoms with E-state index < -0.39 is 22.0 Å². The number of ether oxygens (including phenoxy) is 3. The van der Waals surface area contributed by atoms with Crippen molar-refractivity contribution >= 4 is 28.0 Å². The highest BCUT2D eigenvalue weighted by atomic mass is 32.2. The van der Waals surface area contributed by atoms with Gasteiger partial charge in [0.05, 0.1) is 11.5 Å². The lowest BCUT2D eigenvalue weighted by Crippen LogP contribution is -2.50. The molecule has 13 nitrogen and oxygen atoms in total. The molecule has 0 bridgehead atoms. The van der Waals surface area contributed by atoms with E-state index >= 15 is 0 Å². The van der Waals surface area contributed by atoms with E-state index in [2.05, 4.69) is 15.5 Å². The molecule has 1 fully saturated rings. The normalized spacial score (nSPS) is 15.4. The summed E-state index contributed by atoms with van der Waals surface area (Å²) in [5, 5.41) is 10.3. The van der Waals surface area contributed by atoms with E-state index in [4.69, 9.17) is 18.6 Å². The fourth-order valence-corrected chi connectivity index (χ4v) is 5.26. The highest BCUT2D eigenvalue weighted by Gasteiger charge is 2.30. The van der Waals surface area contributed by atoms with Crippen molar-refractivity contribution in [3.8, 4) is 23.0 Å². The molecular weight excluding hydrogens is 506 g/mol. The molecule has 0 spiro atoms. The Bertz CT molecular complexity index is 1420. The van der Waals surface area contributed by atoms with Crippen LogP contribution in [-0.4, -0.2) is 79.4 Å². The topological polar surface area (TPSA) is 153 Å². The van der Waals surface area contributed by atoms with E-state index in [9.17, 15) is 18.0 Å². The van der Waals surface area contributed by atoms with E-state index in [1.165, 1.54) is 33.5 Å². The Balaban J connectivity index is 1.21. The molecule has 2 aromatic carbocycles. The largest absolute Gasteiger partial charge is 0.454 e. The molecule has 2 amide bonds. The van der Waals surface area contributed by atoms with Gasteiger partial charge in [-0.1, -0.05) is 5.10 Å². The summed E-state index contributed by atoms with van der Waals surface area (Å²) in [5.74, 6) is 0.796. The van der Waals surface area contributed by atoms with Gasteiger partial charge in [-0.15, -0.1) is 5.10 Å². The highest BCUT2D eigenvalue weighted by molar-refractivity contribution is 7.89. The van der Waals surface area contributed by atoms with Gasteiger partial charge < -0.3 is 23.5 Å². The van der Waals surface area contributed by atoms with Crippen LogP contribution in [0.2, 0.25) is 0 Å². The van der Waals surface area contributed by atoms with Crippen LogP contribution >= 0.6 is 0 Å². The predicted molar refractivity (Wildman–Crippen MR) is 128 cm³/mol.